The Kier molecular flexibility index (Phi) is 3.45. The Morgan fingerprint density at radius 3 is 2.36 bits per heavy atom. The van der Waals surface area contributed by atoms with Crippen molar-refractivity contribution < 1.29 is 0 Å². The molecule has 3 nitrogen and oxygen atoms in total. The fraction of sp³-hybridized carbons (Fsp3) is 0.167. The number of nitrogens with zero attached hydrogens (tertiary/aromatic N) is 1. The first-order valence-electron chi connectivity index (χ1n) is 2.97. The summed E-state index contributed by atoms with van der Waals surface area (Å²) in [7, 11) is 0. The summed E-state index contributed by atoms with van der Waals surface area (Å²) in [6, 6.07) is 0. The molecule has 1 aromatic rings. The van der Waals surface area contributed by atoms with E-state index >= 15 is 0 Å². The van der Waals surface area contributed by atoms with Gasteiger partial charge in [0, 0.05) is 27.9 Å². The maximum Gasteiger partial charge on any atom is 0.0415 e. The predicted molar refractivity (Wildman–Crippen MR) is 50.7 cm³/mol. The zero-order valence-electron chi connectivity index (χ0n) is 5.64. The van der Waals surface area contributed by atoms with Crippen LogP contribution < -0.4 is 11.3 Å². The molecule has 0 bridgehead atoms. The van der Waals surface area contributed by atoms with Crippen LogP contribution in [-0.4, -0.2) is 4.98 Å². The Morgan fingerprint density at radius 1 is 1.36 bits per heavy atom. The first kappa shape index (κ1) is 9.12. The number of nitrogens with one attached hydrogen (secondary N) is 1. The average Bonchev–Trinajstić information content (AvgIpc) is 1.97. The highest BCUT2D eigenvalue weighted by Gasteiger charge is 2.02. The molecule has 0 unspecified atom stereocenters. The van der Waals surface area contributed by atoms with E-state index in [4.69, 9.17) is 5.84 Å². The number of aromatic nitrogens is 1. The van der Waals surface area contributed by atoms with Crippen molar-refractivity contribution in [1.29, 1.82) is 0 Å². The molecular weight excluding hydrogens is 274 g/mol. The molecule has 1 heterocycles. The number of hydrogen-bond donors (Lipinski definition) is 2. The van der Waals surface area contributed by atoms with Crippen LogP contribution >= 0.6 is 31.9 Å². The molecular formula is C6H7Br2N3. The van der Waals surface area contributed by atoms with Crippen LogP contribution in [0.2, 0.25) is 0 Å². The van der Waals surface area contributed by atoms with Crippen molar-refractivity contribution in [3.05, 3.63) is 26.9 Å². The van der Waals surface area contributed by atoms with E-state index in [1.807, 2.05) is 0 Å². The van der Waals surface area contributed by atoms with Crippen LogP contribution in [-0.2, 0) is 6.54 Å². The molecule has 0 aliphatic heterocycles. The van der Waals surface area contributed by atoms with Crippen molar-refractivity contribution >= 4 is 31.9 Å². The Hall–Kier alpha value is 0.0300. The van der Waals surface area contributed by atoms with E-state index in [9.17, 15) is 0 Å². The molecule has 1 rings (SSSR count). The van der Waals surface area contributed by atoms with Crippen LogP contribution in [0.1, 0.15) is 5.56 Å². The topological polar surface area (TPSA) is 50.9 Å². The number of hydrazine groups is 1. The fourth-order valence-corrected chi connectivity index (χ4v) is 1.92. The van der Waals surface area contributed by atoms with Crippen molar-refractivity contribution in [3.63, 3.8) is 0 Å². The zero-order valence-corrected chi connectivity index (χ0v) is 8.81. The van der Waals surface area contributed by atoms with Gasteiger partial charge in [-0.2, -0.15) is 0 Å². The highest BCUT2D eigenvalue weighted by atomic mass is 79.9. The van der Waals surface area contributed by atoms with Crippen molar-refractivity contribution in [3.8, 4) is 0 Å². The molecule has 5 heteroatoms. The highest BCUT2D eigenvalue weighted by molar-refractivity contribution is 9.11. The van der Waals surface area contributed by atoms with Gasteiger partial charge in [0.25, 0.3) is 0 Å². The maximum atomic E-state index is 5.19. The zero-order chi connectivity index (χ0) is 8.27. The summed E-state index contributed by atoms with van der Waals surface area (Å²) in [5.41, 5.74) is 3.65. The summed E-state index contributed by atoms with van der Waals surface area (Å²) in [5.74, 6) is 5.19. The molecule has 0 atom stereocenters. The third kappa shape index (κ3) is 2.23. The molecule has 0 radical (unpaired) electrons. The Balaban J connectivity index is 3.00. The van der Waals surface area contributed by atoms with Gasteiger partial charge in [0.1, 0.15) is 0 Å². The van der Waals surface area contributed by atoms with Crippen molar-refractivity contribution in [2.24, 2.45) is 5.84 Å². The van der Waals surface area contributed by atoms with Crippen molar-refractivity contribution in [2.75, 3.05) is 0 Å². The van der Waals surface area contributed by atoms with Gasteiger partial charge in [0.2, 0.25) is 0 Å². The van der Waals surface area contributed by atoms with Gasteiger partial charge in [-0.1, -0.05) is 0 Å². The first-order chi connectivity index (χ1) is 5.25. The molecule has 1 aromatic heterocycles. The van der Waals surface area contributed by atoms with Crippen LogP contribution in [0.3, 0.4) is 0 Å². The molecule has 0 saturated carbocycles. The minimum Gasteiger partial charge on any atom is -0.271 e. The van der Waals surface area contributed by atoms with E-state index in [2.05, 4.69) is 42.3 Å². The van der Waals surface area contributed by atoms with Crippen LogP contribution in [0.25, 0.3) is 0 Å². The summed E-state index contributed by atoms with van der Waals surface area (Å²) in [5, 5.41) is 0. The molecule has 60 valence electrons. The first-order valence-corrected chi connectivity index (χ1v) is 4.55. The lowest BCUT2D eigenvalue weighted by atomic mass is 10.3. The molecule has 0 aromatic carbocycles. The minimum atomic E-state index is 0.615. The Labute approximate surface area is 81.6 Å². The number of rotatable bonds is 2. The van der Waals surface area contributed by atoms with Gasteiger partial charge in [0.15, 0.2) is 0 Å². The molecule has 0 aliphatic carbocycles. The lowest BCUT2D eigenvalue weighted by Gasteiger charge is -2.04. The van der Waals surface area contributed by atoms with E-state index in [0.717, 1.165) is 14.5 Å². The monoisotopic (exact) mass is 279 g/mol. The van der Waals surface area contributed by atoms with Gasteiger partial charge in [-0.3, -0.25) is 16.3 Å². The van der Waals surface area contributed by atoms with Gasteiger partial charge >= 0.3 is 0 Å². The quantitative estimate of drug-likeness (QED) is 0.639. The number of pyridine rings is 1. The van der Waals surface area contributed by atoms with E-state index < -0.39 is 0 Å². The van der Waals surface area contributed by atoms with Gasteiger partial charge in [-0.15, -0.1) is 0 Å². The standard InChI is InChI=1S/C6H7Br2N3/c7-5-2-10-3-6(8)4(5)1-11-9/h2-3,11H,1,9H2. The lowest BCUT2D eigenvalue weighted by Crippen LogP contribution is -2.21. The molecule has 11 heavy (non-hydrogen) atoms. The molecule has 0 amide bonds. The highest BCUT2D eigenvalue weighted by Crippen LogP contribution is 2.22. The van der Waals surface area contributed by atoms with Gasteiger partial charge in [-0.25, -0.2) is 0 Å². The number of halogens is 2. The summed E-state index contributed by atoms with van der Waals surface area (Å²) >= 11 is 6.72. The normalized spacial score (nSPS) is 10.1. The second-order valence-electron chi connectivity index (χ2n) is 1.96. The van der Waals surface area contributed by atoms with Gasteiger partial charge in [-0.05, 0) is 37.4 Å². The van der Waals surface area contributed by atoms with Crippen molar-refractivity contribution in [1.82, 2.24) is 10.4 Å². The van der Waals surface area contributed by atoms with Crippen LogP contribution in [0.5, 0.6) is 0 Å². The van der Waals surface area contributed by atoms with Crippen molar-refractivity contribution in [2.45, 2.75) is 6.54 Å². The largest absolute Gasteiger partial charge is 0.271 e. The average molecular weight is 281 g/mol. The summed E-state index contributed by atoms with van der Waals surface area (Å²) in [4.78, 5) is 3.96. The third-order valence-corrected chi connectivity index (χ3v) is 2.60. The molecule has 0 saturated heterocycles. The van der Waals surface area contributed by atoms with Crippen LogP contribution in [0, 0.1) is 0 Å². The number of hydrogen-bond acceptors (Lipinski definition) is 3. The molecule has 0 aliphatic rings. The van der Waals surface area contributed by atoms with E-state index in [1.54, 1.807) is 12.4 Å². The molecule has 0 fully saturated rings. The van der Waals surface area contributed by atoms with Crippen LogP contribution in [0.15, 0.2) is 21.3 Å². The SMILES string of the molecule is NNCc1c(Br)cncc1Br. The Bertz CT molecular complexity index is 231. The van der Waals surface area contributed by atoms with E-state index in [1.165, 1.54) is 0 Å². The maximum absolute atomic E-state index is 5.19. The Morgan fingerprint density at radius 2 is 1.91 bits per heavy atom. The van der Waals surface area contributed by atoms with E-state index in [0.29, 0.717) is 6.54 Å². The lowest BCUT2D eigenvalue weighted by molar-refractivity contribution is 0.735. The fourth-order valence-electron chi connectivity index (χ4n) is 0.709. The smallest absolute Gasteiger partial charge is 0.0415 e. The molecule has 0 spiro atoms. The second-order valence-corrected chi connectivity index (χ2v) is 3.67. The van der Waals surface area contributed by atoms with Gasteiger partial charge in [0.05, 0.1) is 0 Å². The third-order valence-electron chi connectivity index (χ3n) is 1.23. The summed E-state index contributed by atoms with van der Waals surface area (Å²) < 4.78 is 1.90. The summed E-state index contributed by atoms with van der Waals surface area (Å²) in [6.45, 7) is 0.615. The second kappa shape index (κ2) is 4.15. The minimum absolute atomic E-state index is 0.615. The van der Waals surface area contributed by atoms with E-state index in [-0.39, 0.29) is 0 Å². The number of nitrogens with two attached hydrogens (primary N) is 1. The summed E-state index contributed by atoms with van der Waals surface area (Å²) in [6.07, 6.45) is 3.47. The molecule has 3 N–H and O–H groups in total. The van der Waals surface area contributed by atoms with Gasteiger partial charge < -0.3 is 0 Å². The van der Waals surface area contributed by atoms with Crippen LogP contribution in [0.4, 0.5) is 0 Å². The predicted octanol–water partition coefficient (Wildman–Crippen LogP) is 1.57.